The molecule has 110 valence electrons. The number of hydrogen-bond acceptors (Lipinski definition) is 2. The number of anilines is 1. The minimum atomic E-state index is -0.796. The highest BCUT2D eigenvalue weighted by Gasteiger charge is 2.04. The first kappa shape index (κ1) is 16.6. The second kappa shape index (κ2) is 8.66. The fourth-order valence-corrected chi connectivity index (χ4v) is 1.83. The molecule has 1 aromatic rings. The number of carboxylic acid groups (broad SMARTS) is 1. The molecule has 20 heavy (non-hydrogen) atoms. The number of halogens is 2. The number of aliphatic carboxylic acids is 1. The van der Waals surface area contributed by atoms with Crippen LogP contribution in [0.2, 0.25) is 10.0 Å². The largest absolute Gasteiger partial charge is 0.481 e. The first-order valence-electron chi connectivity index (χ1n) is 6.20. The molecule has 2 amide bonds. The van der Waals surface area contributed by atoms with Crippen molar-refractivity contribution in [1.29, 1.82) is 0 Å². The highest BCUT2D eigenvalue weighted by Crippen LogP contribution is 2.24. The molecule has 3 N–H and O–H groups in total. The SMILES string of the molecule is O=C(O)CCCCCNC(=O)Nc1ccc(Cl)c(Cl)c1. The molecule has 0 aliphatic rings. The molecule has 5 nitrogen and oxygen atoms in total. The molecule has 0 heterocycles. The summed E-state index contributed by atoms with van der Waals surface area (Å²) in [5, 5.41) is 14.6. The number of rotatable bonds is 7. The molecule has 0 aliphatic carbocycles. The third kappa shape index (κ3) is 6.63. The maximum Gasteiger partial charge on any atom is 0.319 e. The van der Waals surface area contributed by atoms with Gasteiger partial charge in [-0.25, -0.2) is 4.79 Å². The fraction of sp³-hybridized carbons (Fsp3) is 0.385. The molecule has 0 spiro atoms. The molecule has 0 unspecified atom stereocenters. The molecule has 0 aliphatic heterocycles. The van der Waals surface area contributed by atoms with E-state index in [2.05, 4.69) is 10.6 Å². The number of unbranched alkanes of at least 4 members (excludes halogenated alkanes) is 2. The Hall–Kier alpha value is -1.46. The average Bonchev–Trinajstić information content (AvgIpc) is 2.38. The Morgan fingerprint density at radius 1 is 1.10 bits per heavy atom. The lowest BCUT2D eigenvalue weighted by atomic mass is 10.2. The van der Waals surface area contributed by atoms with Crippen LogP contribution in [0.4, 0.5) is 10.5 Å². The van der Waals surface area contributed by atoms with E-state index in [9.17, 15) is 9.59 Å². The lowest BCUT2D eigenvalue weighted by molar-refractivity contribution is -0.137. The van der Waals surface area contributed by atoms with E-state index >= 15 is 0 Å². The zero-order chi connectivity index (χ0) is 15.0. The van der Waals surface area contributed by atoms with Crippen molar-refractivity contribution in [2.24, 2.45) is 0 Å². The minimum Gasteiger partial charge on any atom is -0.481 e. The molecule has 0 saturated carbocycles. The summed E-state index contributed by atoms with van der Waals surface area (Å²) in [6, 6.07) is 4.49. The van der Waals surface area contributed by atoms with Crippen molar-refractivity contribution in [3.05, 3.63) is 28.2 Å². The predicted molar refractivity (Wildman–Crippen MR) is 79.6 cm³/mol. The van der Waals surface area contributed by atoms with E-state index in [1.165, 1.54) is 0 Å². The van der Waals surface area contributed by atoms with Crippen molar-refractivity contribution in [2.45, 2.75) is 25.7 Å². The first-order valence-corrected chi connectivity index (χ1v) is 6.96. The molecule has 7 heteroatoms. The summed E-state index contributed by atoms with van der Waals surface area (Å²) in [6.07, 6.45) is 2.28. The number of nitrogens with one attached hydrogen (secondary N) is 2. The van der Waals surface area contributed by atoms with Crippen LogP contribution in [0.15, 0.2) is 18.2 Å². The third-order valence-electron chi connectivity index (χ3n) is 2.53. The Morgan fingerprint density at radius 3 is 2.50 bits per heavy atom. The number of carboxylic acids is 1. The van der Waals surface area contributed by atoms with Gasteiger partial charge in [0.2, 0.25) is 0 Å². The molecule has 0 atom stereocenters. The molecule has 0 saturated heterocycles. The summed E-state index contributed by atoms with van der Waals surface area (Å²) < 4.78 is 0. The number of carbonyl (C=O) groups is 2. The number of carbonyl (C=O) groups excluding carboxylic acids is 1. The van der Waals surface area contributed by atoms with E-state index in [0.717, 1.165) is 12.8 Å². The van der Waals surface area contributed by atoms with Gasteiger partial charge in [-0.15, -0.1) is 0 Å². The highest BCUT2D eigenvalue weighted by atomic mass is 35.5. The van der Waals surface area contributed by atoms with Crippen LogP contribution in [0.5, 0.6) is 0 Å². The molecule has 0 bridgehead atoms. The highest BCUT2D eigenvalue weighted by molar-refractivity contribution is 6.42. The van der Waals surface area contributed by atoms with Gasteiger partial charge < -0.3 is 15.7 Å². The quantitative estimate of drug-likeness (QED) is 0.670. The van der Waals surface area contributed by atoms with E-state index in [1.54, 1.807) is 18.2 Å². The van der Waals surface area contributed by atoms with Gasteiger partial charge in [0.25, 0.3) is 0 Å². The summed E-state index contributed by atoms with van der Waals surface area (Å²) in [4.78, 5) is 21.9. The van der Waals surface area contributed by atoms with Gasteiger partial charge in [0.05, 0.1) is 10.0 Å². The Labute approximate surface area is 127 Å². The molecule has 0 aromatic heterocycles. The number of urea groups is 1. The van der Waals surface area contributed by atoms with E-state index in [1.807, 2.05) is 0 Å². The van der Waals surface area contributed by atoms with Gasteiger partial charge in [-0.1, -0.05) is 29.6 Å². The summed E-state index contributed by atoms with van der Waals surface area (Å²) in [7, 11) is 0. The normalized spacial score (nSPS) is 10.1. The van der Waals surface area contributed by atoms with Crippen LogP contribution in [0.25, 0.3) is 0 Å². The third-order valence-corrected chi connectivity index (χ3v) is 3.27. The zero-order valence-corrected chi connectivity index (χ0v) is 12.3. The van der Waals surface area contributed by atoms with Gasteiger partial charge in [0.1, 0.15) is 0 Å². The van der Waals surface area contributed by atoms with Crippen LogP contribution in [0.3, 0.4) is 0 Å². The van der Waals surface area contributed by atoms with Gasteiger partial charge >= 0.3 is 12.0 Å². The standard InChI is InChI=1S/C13H16Cl2N2O3/c14-10-6-5-9(8-11(10)15)17-13(20)16-7-3-1-2-4-12(18)19/h5-6,8H,1-4,7H2,(H,18,19)(H2,16,17,20). The monoisotopic (exact) mass is 318 g/mol. The van der Waals surface area contributed by atoms with Crippen LogP contribution >= 0.6 is 23.2 Å². The van der Waals surface area contributed by atoms with E-state index in [-0.39, 0.29) is 12.5 Å². The minimum absolute atomic E-state index is 0.162. The van der Waals surface area contributed by atoms with Crippen molar-refractivity contribution in [1.82, 2.24) is 5.32 Å². The second-order valence-corrected chi connectivity index (χ2v) is 5.03. The lowest BCUT2D eigenvalue weighted by Gasteiger charge is -2.08. The summed E-state index contributed by atoms with van der Waals surface area (Å²) in [5.74, 6) is -0.796. The first-order chi connectivity index (χ1) is 9.49. The van der Waals surface area contributed by atoms with Gasteiger partial charge in [-0.2, -0.15) is 0 Å². The molecular formula is C13H16Cl2N2O3. The van der Waals surface area contributed by atoms with Crippen LogP contribution in [0, 0.1) is 0 Å². The average molecular weight is 319 g/mol. The van der Waals surface area contributed by atoms with Crippen molar-refractivity contribution in [3.8, 4) is 0 Å². The molecule has 0 fully saturated rings. The number of benzene rings is 1. The topological polar surface area (TPSA) is 78.4 Å². The molecule has 1 rings (SSSR count). The predicted octanol–water partition coefficient (Wildman–Crippen LogP) is 3.76. The Bertz CT molecular complexity index is 481. The number of amides is 2. The van der Waals surface area contributed by atoms with Crippen molar-refractivity contribution in [2.75, 3.05) is 11.9 Å². The summed E-state index contributed by atoms with van der Waals surface area (Å²) in [5.41, 5.74) is 0.558. The zero-order valence-electron chi connectivity index (χ0n) is 10.8. The Kier molecular flexibility index (Phi) is 7.18. The van der Waals surface area contributed by atoms with Crippen molar-refractivity contribution in [3.63, 3.8) is 0 Å². The maximum atomic E-state index is 11.6. The van der Waals surface area contributed by atoms with E-state index in [0.29, 0.717) is 28.7 Å². The molecular weight excluding hydrogens is 303 g/mol. The number of hydrogen-bond donors (Lipinski definition) is 3. The fourth-order valence-electron chi connectivity index (χ4n) is 1.53. The van der Waals surface area contributed by atoms with Crippen LogP contribution in [-0.2, 0) is 4.79 Å². The second-order valence-electron chi connectivity index (χ2n) is 4.21. The summed E-state index contributed by atoms with van der Waals surface area (Å²) in [6.45, 7) is 0.493. The molecule has 0 radical (unpaired) electrons. The Morgan fingerprint density at radius 2 is 1.85 bits per heavy atom. The smallest absolute Gasteiger partial charge is 0.319 e. The maximum absolute atomic E-state index is 11.6. The van der Waals surface area contributed by atoms with Crippen LogP contribution in [-0.4, -0.2) is 23.7 Å². The summed E-state index contributed by atoms with van der Waals surface area (Å²) >= 11 is 11.6. The van der Waals surface area contributed by atoms with Gasteiger partial charge in [-0.3, -0.25) is 4.79 Å². The van der Waals surface area contributed by atoms with Crippen molar-refractivity contribution < 1.29 is 14.7 Å². The van der Waals surface area contributed by atoms with Gasteiger partial charge in [0.15, 0.2) is 0 Å². The van der Waals surface area contributed by atoms with Gasteiger partial charge in [-0.05, 0) is 31.0 Å². The van der Waals surface area contributed by atoms with Crippen LogP contribution in [0.1, 0.15) is 25.7 Å². The van der Waals surface area contributed by atoms with E-state index < -0.39 is 5.97 Å². The Balaban J connectivity index is 2.20. The lowest BCUT2D eigenvalue weighted by Crippen LogP contribution is -2.29. The van der Waals surface area contributed by atoms with Crippen molar-refractivity contribution >= 4 is 40.9 Å². The van der Waals surface area contributed by atoms with Crippen LogP contribution < -0.4 is 10.6 Å². The van der Waals surface area contributed by atoms with E-state index in [4.69, 9.17) is 28.3 Å². The van der Waals surface area contributed by atoms with Gasteiger partial charge in [0, 0.05) is 18.7 Å². The molecule has 1 aromatic carbocycles.